The lowest BCUT2D eigenvalue weighted by molar-refractivity contribution is -0.385. The summed E-state index contributed by atoms with van der Waals surface area (Å²) >= 11 is 5.78. The largest absolute Gasteiger partial charge is 0.276 e. The van der Waals surface area contributed by atoms with Gasteiger partial charge >= 0.3 is 0 Å². The number of anilines is 1. The lowest BCUT2D eigenvalue weighted by Gasteiger charge is -2.08. The molecule has 0 spiro atoms. The Bertz CT molecular complexity index is 751. The predicted molar refractivity (Wildman–Crippen MR) is 70.9 cm³/mol. The second-order valence-electron chi connectivity index (χ2n) is 3.60. The van der Waals surface area contributed by atoms with E-state index in [1.807, 2.05) is 0 Å². The summed E-state index contributed by atoms with van der Waals surface area (Å²) in [5, 5.41) is 10.6. The number of hydrogen-bond donors (Lipinski definition) is 1. The molecule has 1 N–H and O–H groups in total. The van der Waals surface area contributed by atoms with Crippen molar-refractivity contribution in [1.82, 2.24) is 9.97 Å². The van der Waals surface area contributed by atoms with Crippen molar-refractivity contribution in [2.75, 3.05) is 4.72 Å². The Balaban J connectivity index is 2.44. The minimum atomic E-state index is -4.07. The molecule has 2 aromatic rings. The average molecular weight is 315 g/mol. The summed E-state index contributed by atoms with van der Waals surface area (Å²) in [7, 11) is -4.07. The Hall–Kier alpha value is -2.26. The van der Waals surface area contributed by atoms with Crippen molar-refractivity contribution in [3.63, 3.8) is 0 Å². The molecule has 10 heteroatoms. The highest BCUT2D eigenvalue weighted by molar-refractivity contribution is 7.92. The molecule has 1 aromatic carbocycles. The molecular weight excluding hydrogens is 308 g/mol. The van der Waals surface area contributed by atoms with Crippen LogP contribution in [-0.2, 0) is 10.0 Å². The predicted octanol–water partition coefficient (Wildman–Crippen LogP) is 1.84. The molecule has 0 unspecified atom stereocenters. The molecule has 1 heterocycles. The first-order valence-corrected chi connectivity index (χ1v) is 6.98. The Morgan fingerprint density at radius 3 is 2.50 bits per heavy atom. The van der Waals surface area contributed by atoms with Gasteiger partial charge in [-0.2, -0.15) is 0 Å². The topological polar surface area (TPSA) is 115 Å². The van der Waals surface area contributed by atoms with E-state index in [4.69, 9.17) is 11.6 Å². The molecule has 0 amide bonds. The van der Waals surface area contributed by atoms with Crippen molar-refractivity contribution in [1.29, 1.82) is 0 Å². The zero-order valence-electron chi connectivity index (χ0n) is 9.72. The highest BCUT2D eigenvalue weighted by Crippen LogP contribution is 2.27. The van der Waals surface area contributed by atoms with Crippen molar-refractivity contribution in [2.45, 2.75) is 4.90 Å². The number of hydrogen-bond acceptors (Lipinski definition) is 6. The first kappa shape index (κ1) is 14.2. The van der Waals surface area contributed by atoms with Gasteiger partial charge in [-0.1, -0.05) is 11.6 Å². The van der Waals surface area contributed by atoms with E-state index in [2.05, 4.69) is 14.7 Å². The van der Waals surface area contributed by atoms with Crippen LogP contribution in [-0.4, -0.2) is 23.3 Å². The molecule has 1 aromatic heterocycles. The fourth-order valence-electron chi connectivity index (χ4n) is 1.37. The van der Waals surface area contributed by atoms with Crippen molar-refractivity contribution in [3.05, 3.63) is 52.1 Å². The third-order valence-electron chi connectivity index (χ3n) is 2.23. The van der Waals surface area contributed by atoms with E-state index in [9.17, 15) is 18.5 Å². The first-order chi connectivity index (χ1) is 9.40. The maximum atomic E-state index is 12.1. The van der Waals surface area contributed by atoms with Crippen LogP contribution in [0.2, 0.25) is 5.02 Å². The van der Waals surface area contributed by atoms with Crippen LogP contribution in [0, 0.1) is 10.1 Å². The Kier molecular flexibility index (Phi) is 3.81. The van der Waals surface area contributed by atoms with Crippen LogP contribution in [0.5, 0.6) is 0 Å². The SMILES string of the molecule is O=[N+]([O-])c1ccc(Cl)c(S(=O)(=O)Nc2cncnc2)c1. The lowest BCUT2D eigenvalue weighted by atomic mass is 10.3. The Labute approximate surface area is 118 Å². The molecule has 0 atom stereocenters. The van der Waals surface area contributed by atoms with Gasteiger partial charge in [0.2, 0.25) is 0 Å². The molecule has 0 fully saturated rings. The zero-order valence-corrected chi connectivity index (χ0v) is 11.3. The molecule has 0 radical (unpaired) electrons. The molecule has 2 rings (SSSR count). The van der Waals surface area contributed by atoms with Crippen LogP contribution in [0.25, 0.3) is 0 Å². The van der Waals surface area contributed by atoms with Gasteiger partial charge in [-0.15, -0.1) is 0 Å². The summed E-state index contributed by atoms with van der Waals surface area (Å²) in [5.41, 5.74) is -0.255. The number of nitro groups is 1. The van der Waals surface area contributed by atoms with Crippen molar-refractivity contribution in [3.8, 4) is 0 Å². The van der Waals surface area contributed by atoms with E-state index in [1.165, 1.54) is 18.7 Å². The van der Waals surface area contributed by atoms with Crippen LogP contribution in [0.15, 0.2) is 41.8 Å². The van der Waals surface area contributed by atoms with E-state index in [0.29, 0.717) is 0 Å². The minimum absolute atomic E-state index is 0.120. The third kappa shape index (κ3) is 3.00. The van der Waals surface area contributed by atoms with Crippen molar-refractivity contribution < 1.29 is 13.3 Å². The maximum absolute atomic E-state index is 12.1. The van der Waals surface area contributed by atoms with E-state index >= 15 is 0 Å². The number of aromatic nitrogens is 2. The van der Waals surface area contributed by atoms with Crippen LogP contribution in [0.3, 0.4) is 0 Å². The van der Waals surface area contributed by atoms with Crippen molar-refractivity contribution in [2.24, 2.45) is 0 Å². The normalized spacial score (nSPS) is 11.1. The van der Waals surface area contributed by atoms with Gasteiger partial charge in [0.05, 0.1) is 28.0 Å². The summed E-state index contributed by atoms with van der Waals surface area (Å²) < 4.78 is 26.4. The highest BCUT2D eigenvalue weighted by atomic mass is 35.5. The fraction of sp³-hybridized carbons (Fsp3) is 0. The molecule has 104 valence electrons. The summed E-state index contributed by atoms with van der Waals surface area (Å²) in [6.07, 6.45) is 3.73. The minimum Gasteiger partial charge on any atom is -0.276 e. The van der Waals surface area contributed by atoms with Crippen molar-refractivity contribution >= 4 is 33.0 Å². The maximum Gasteiger partial charge on any atom is 0.270 e. The zero-order chi connectivity index (χ0) is 14.8. The second kappa shape index (κ2) is 5.39. The average Bonchev–Trinajstić information content (AvgIpc) is 2.39. The van der Waals surface area contributed by atoms with Crippen LogP contribution < -0.4 is 4.72 Å². The van der Waals surface area contributed by atoms with Gasteiger partial charge in [-0.05, 0) is 6.07 Å². The molecule has 20 heavy (non-hydrogen) atoms. The number of nitrogens with zero attached hydrogens (tertiary/aromatic N) is 3. The summed E-state index contributed by atoms with van der Waals surface area (Å²) in [6, 6.07) is 3.15. The molecule has 0 saturated heterocycles. The molecule has 0 bridgehead atoms. The van der Waals surface area contributed by atoms with Crippen LogP contribution in [0.4, 0.5) is 11.4 Å². The molecule has 0 aliphatic rings. The number of non-ortho nitro benzene ring substituents is 1. The summed E-state index contributed by atoms with van der Waals surface area (Å²) in [5.74, 6) is 0. The third-order valence-corrected chi connectivity index (χ3v) is 4.09. The molecule has 0 aliphatic heterocycles. The van der Waals surface area contributed by atoms with Crippen LogP contribution in [0.1, 0.15) is 0 Å². The number of nitrogens with one attached hydrogen (secondary N) is 1. The van der Waals surface area contributed by atoms with Gasteiger partial charge in [-0.25, -0.2) is 18.4 Å². The molecule has 0 aliphatic carbocycles. The van der Waals surface area contributed by atoms with Crippen LogP contribution >= 0.6 is 11.6 Å². The summed E-state index contributed by atoms with van der Waals surface area (Å²) in [6.45, 7) is 0. The highest BCUT2D eigenvalue weighted by Gasteiger charge is 2.21. The second-order valence-corrected chi connectivity index (χ2v) is 5.66. The quantitative estimate of drug-likeness (QED) is 0.680. The van der Waals surface area contributed by atoms with Gasteiger partial charge < -0.3 is 0 Å². The van der Waals surface area contributed by atoms with E-state index in [-0.39, 0.29) is 16.4 Å². The van der Waals surface area contributed by atoms with Gasteiger partial charge in [0, 0.05) is 12.1 Å². The number of rotatable bonds is 4. The fourth-order valence-corrected chi connectivity index (χ4v) is 2.92. The smallest absolute Gasteiger partial charge is 0.270 e. The number of sulfonamides is 1. The van der Waals surface area contributed by atoms with Gasteiger partial charge in [0.15, 0.2) is 0 Å². The lowest BCUT2D eigenvalue weighted by Crippen LogP contribution is -2.14. The van der Waals surface area contributed by atoms with E-state index < -0.39 is 19.8 Å². The number of halogens is 1. The first-order valence-electron chi connectivity index (χ1n) is 5.12. The number of nitro benzene ring substituents is 1. The monoisotopic (exact) mass is 314 g/mol. The van der Waals surface area contributed by atoms with Gasteiger partial charge in [-0.3, -0.25) is 14.8 Å². The molecule has 8 nitrogen and oxygen atoms in total. The Morgan fingerprint density at radius 2 is 1.90 bits per heavy atom. The molecular formula is C10H7ClN4O4S. The Morgan fingerprint density at radius 1 is 1.25 bits per heavy atom. The van der Waals surface area contributed by atoms with Gasteiger partial charge in [0.1, 0.15) is 11.2 Å². The van der Waals surface area contributed by atoms with E-state index in [1.54, 1.807) is 0 Å². The summed E-state index contributed by atoms with van der Waals surface area (Å²) in [4.78, 5) is 16.9. The number of benzene rings is 1. The van der Waals surface area contributed by atoms with E-state index in [0.717, 1.165) is 18.2 Å². The standard InChI is InChI=1S/C10H7ClN4O4S/c11-9-2-1-8(15(16)17)3-10(9)20(18,19)14-7-4-12-6-13-5-7/h1-6,14H. The van der Waals surface area contributed by atoms with Gasteiger partial charge in [0.25, 0.3) is 15.7 Å². The molecule has 0 saturated carbocycles.